The number of nitrogens with zero attached hydrogens (tertiary/aromatic N) is 2. The largest absolute Gasteiger partial charge is 0.503 e. The molecule has 4 rings (SSSR count). The molecule has 2 aromatic carbocycles. The van der Waals surface area contributed by atoms with Crippen LogP contribution >= 0.6 is 0 Å². The molecule has 2 heterocycles. The predicted molar refractivity (Wildman–Crippen MR) is 120 cm³/mol. The summed E-state index contributed by atoms with van der Waals surface area (Å²) < 4.78 is 43.4. The van der Waals surface area contributed by atoms with Crippen molar-refractivity contribution in [1.29, 1.82) is 0 Å². The number of fused-ring (bicyclic) bond motifs is 1. The Hall–Kier alpha value is -2.89. The van der Waals surface area contributed by atoms with Gasteiger partial charge in [0, 0.05) is 12.6 Å². The van der Waals surface area contributed by atoms with Crippen LogP contribution in [0.4, 0.5) is 26.2 Å². The van der Waals surface area contributed by atoms with Gasteiger partial charge < -0.3 is 20.8 Å². The van der Waals surface area contributed by atoms with E-state index in [0.29, 0.717) is 30.4 Å². The molecule has 1 fully saturated rings. The van der Waals surface area contributed by atoms with E-state index in [1.54, 1.807) is 36.4 Å². The third kappa shape index (κ3) is 5.47. The van der Waals surface area contributed by atoms with E-state index in [1.807, 2.05) is 0 Å². The average molecular weight is 467 g/mol. The maximum absolute atomic E-state index is 14.4. The standard InChI is InChI=1S/C20H25FN4O2S.CH2O3/c21-17-6-1-2-7-18(17)25-20-9-4-3-8-19(20)24(28(25,26)27)15-5-12-23-16-10-13-22-14-11-16;2-1(3)4/h1-4,6-9,16,22-23H,5,10-15H2;(H2,2,3,4). The number of halogens is 1. The van der Waals surface area contributed by atoms with Crippen molar-refractivity contribution in [2.24, 2.45) is 0 Å². The summed E-state index contributed by atoms with van der Waals surface area (Å²) >= 11 is 0. The maximum Gasteiger partial charge on any atom is 0.503 e. The molecule has 32 heavy (non-hydrogen) atoms. The van der Waals surface area contributed by atoms with Gasteiger partial charge in [-0.2, -0.15) is 8.42 Å². The summed E-state index contributed by atoms with van der Waals surface area (Å²) in [4.78, 5) is 8.56. The van der Waals surface area contributed by atoms with Crippen LogP contribution in [0, 0.1) is 5.82 Å². The van der Waals surface area contributed by atoms with Gasteiger partial charge in [0.2, 0.25) is 0 Å². The first kappa shape index (κ1) is 23.8. The number of para-hydroxylation sites is 3. The fourth-order valence-electron chi connectivity index (χ4n) is 3.86. The molecule has 0 atom stereocenters. The molecule has 0 amide bonds. The Labute approximate surface area is 186 Å². The van der Waals surface area contributed by atoms with Crippen LogP contribution in [-0.2, 0) is 10.2 Å². The minimum Gasteiger partial charge on any atom is -0.450 e. The lowest BCUT2D eigenvalue weighted by atomic mass is 10.1. The zero-order valence-electron chi connectivity index (χ0n) is 17.4. The SMILES string of the molecule is O=C(O)O.O=S1(=O)N(CCCNC2CCNCC2)c2ccccc2N1c1ccccc1F. The highest BCUT2D eigenvalue weighted by molar-refractivity contribution is 7.95. The molecule has 0 aliphatic carbocycles. The monoisotopic (exact) mass is 466 g/mol. The second-order valence-corrected chi connectivity index (χ2v) is 9.10. The highest BCUT2D eigenvalue weighted by Gasteiger charge is 2.41. The molecule has 0 bridgehead atoms. The van der Waals surface area contributed by atoms with E-state index < -0.39 is 22.2 Å². The molecule has 0 unspecified atom stereocenters. The molecule has 11 heteroatoms. The first-order chi connectivity index (χ1) is 15.3. The number of rotatable bonds is 6. The van der Waals surface area contributed by atoms with Crippen LogP contribution in [0.3, 0.4) is 0 Å². The van der Waals surface area contributed by atoms with Crippen molar-refractivity contribution in [1.82, 2.24) is 10.6 Å². The van der Waals surface area contributed by atoms with E-state index in [2.05, 4.69) is 10.6 Å². The summed E-state index contributed by atoms with van der Waals surface area (Å²) in [5.74, 6) is -0.560. The van der Waals surface area contributed by atoms with E-state index in [0.717, 1.165) is 36.8 Å². The molecule has 0 radical (unpaired) electrons. The van der Waals surface area contributed by atoms with Crippen molar-refractivity contribution in [3.05, 3.63) is 54.3 Å². The summed E-state index contributed by atoms with van der Waals surface area (Å²) in [5.41, 5.74) is 1.12. The van der Waals surface area contributed by atoms with Crippen molar-refractivity contribution < 1.29 is 27.8 Å². The molecule has 2 aliphatic rings. The minimum atomic E-state index is -3.88. The number of piperidine rings is 1. The summed E-state index contributed by atoms with van der Waals surface area (Å²) in [6.45, 7) is 3.13. The molecule has 9 nitrogen and oxygen atoms in total. The van der Waals surface area contributed by atoms with Gasteiger partial charge in [0.15, 0.2) is 0 Å². The number of carboxylic acid groups (broad SMARTS) is 2. The second-order valence-electron chi connectivity index (χ2n) is 7.40. The smallest absolute Gasteiger partial charge is 0.450 e. The first-order valence-corrected chi connectivity index (χ1v) is 11.7. The Bertz CT molecular complexity index is 1030. The number of hydrogen-bond donors (Lipinski definition) is 4. The Kier molecular flexibility index (Phi) is 7.89. The molecule has 4 N–H and O–H groups in total. The van der Waals surface area contributed by atoms with Crippen LogP contribution in [-0.4, -0.2) is 57.0 Å². The zero-order valence-corrected chi connectivity index (χ0v) is 18.3. The molecule has 0 spiro atoms. The predicted octanol–water partition coefficient (Wildman–Crippen LogP) is 2.98. The number of carbonyl (C=O) groups is 1. The molecular weight excluding hydrogens is 439 g/mol. The highest BCUT2D eigenvalue weighted by atomic mass is 32.2. The zero-order chi connectivity index (χ0) is 23.1. The van der Waals surface area contributed by atoms with Gasteiger partial charge in [-0.1, -0.05) is 24.3 Å². The van der Waals surface area contributed by atoms with E-state index in [1.165, 1.54) is 16.4 Å². The van der Waals surface area contributed by atoms with Gasteiger partial charge in [-0.3, -0.25) is 4.31 Å². The highest BCUT2D eigenvalue weighted by Crippen LogP contribution is 2.45. The topological polar surface area (TPSA) is 122 Å². The van der Waals surface area contributed by atoms with Gasteiger partial charge in [-0.15, -0.1) is 0 Å². The van der Waals surface area contributed by atoms with Crippen LogP contribution < -0.4 is 19.2 Å². The molecule has 174 valence electrons. The van der Waals surface area contributed by atoms with E-state index in [4.69, 9.17) is 15.0 Å². The molecular formula is C21H27FN4O5S. The summed E-state index contributed by atoms with van der Waals surface area (Å²) in [5, 5.41) is 20.8. The molecule has 2 aliphatic heterocycles. The normalized spacial score (nSPS) is 17.4. The van der Waals surface area contributed by atoms with Crippen LogP contribution in [0.5, 0.6) is 0 Å². The number of nitrogens with one attached hydrogen (secondary N) is 2. The van der Waals surface area contributed by atoms with Crippen molar-refractivity contribution >= 4 is 33.4 Å². The minimum absolute atomic E-state index is 0.0466. The van der Waals surface area contributed by atoms with E-state index in [-0.39, 0.29) is 5.69 Å². The summed E-state index contributed by atoms with van der Waals surface area (Å²) in [6, 6.07) is 13.5. The average Bonchev–Trinajstić information content (AvgIpc) is 2.98. The van der Waals surface area contributed by atoms with Crippen LogP contribution in [0.15, 0.2) is 48.5 Å². The van der Waals surface area contributed by atoms with E-state index >= 15 is 0 Å². The maximum atomic E-state index is 14.4. The number of anilines is 3. The summed E-state index contributed by atoms with van der Waals surface area (Å²) in [7, 11) is -3.88. The number of benzene rings is 2. The third-order valence-corrected chi connectivity index (χ3v) is 7.05. The van der Waals surface area contributed by atoms with Gasteiger partial charge in [0.25, 0.3) is 0 Å². The fourth-order valence-corrected chi connectivity index (χ4v) is 5.61. The quantitative estimate of drug-likeness (QED) is 0.483. The fraction of sp³-hybridized carbons (Fsp3) is 0.381. The van der Waals surface area contributed by atoms with Gasteiger partial charge >= 0.3 is 16.4 Å². The third-order valence-electron chi connectivity index (χ3n) is 5.26. The molecule has 2 aromatic rings. The lowest BCUT2D eigenvalue weighted by Gasteiger charge is -2.25. The lowest BCUT2D eigenvalue weighted by molar-refractivity contribution is 0.137. The van der Waals surface area contributed by atoms with Crippen LogP contribution in [0.25, 0.3) is 0 Å². The Morgan fingerprint density at radius 2 is 1.59 bits per heavy atom. The lowest BCUT2D eigenvalue weighted by Crippen LogP contribution is -2.41. The van der Waals surface area contributed by atoms with Crippen molar-refractivity contribution in [2.75, 3.05) is 34.8 Å². The first-order valence-electron chi connectivity index (χ1n) is 10.3. The van der Waals surface area contributed by atoms with Gasteiger partial charge in [-0.05, 0) is 63.2 Å². The van der Waals surface area contributed by atoms with Crippen molar-refractivity contribution in [3.63, 3.8) is 0 Å². The summed E-state index contributed by atoms with van der Waals surface area (Å²) in [6.07, 6.45) is 1.03. The molecule has 0 saturated carbocycles. The van der Waals surface area contributed by atoms with Crippen LogP contribution in [0.1, 0.15) is 19.3 Å². The van der Waals surface area contributed by atoms with Crippen molar-refractivity contribution in [3.8, 4) is 0 Å². The second kappa shape index (κ2) is 10.6. The molecule has 0 aromatic heterocycles. The Morgan fingerprint density at radius 3 is 2.22 bits per heavy atom. The van der Waals surface area contributed by atoms with Gasteiger partial charge in [0.1, 0.15) is 5.82 Å². The van der Waals surface area contributed by atoms with Gasteiger partial charge in [-0.25, -0.2) is 13.5 Å². The van der Waals surface area contributed by atoms with Crippen LogP contribution in [0.2, 0.25) is 0 Å². The Balaban J connectivity index is 0.000000668. The Morgan fingerprint density at radius 1 is 1.03 bits per heavy atom. The number of hydrogen-bond acceptors (Lipinski definition) is 5. The van der Waals surface area contributed by atoms with Crippen molar-refractivity contribution in [2.45, 2.75) is 25.3 Å². The molecule has 1 saturated heterocycles. The van der Waals surface area contributed by atoms with Gasteiger partial charge in [0.05, 0.1) is 17.1 Å². The van der Waals surface area contributed by atoms with E-state index in [9.17, 15) is 12.8 Å².